The third-order valence-corrected chi connectivity index (χ3v) is 3.62. The van der Waals surface area contributed by atoms with Crippen molar-refractivity contribution in [2.45, 2.75) is 20.0 Å². The number of rotatable bonds is 6. The Hall–Kier alpha value is -3.42. The average Bonchev–Trinajstić information content (AvgIpc) is 3.14. The number of aromatic nitrogens is 2. The summed E-state index contributed by atoms with van der Waals surface area (Å²) in [7, 11) is 0. The Labute approximate surface area is 148 Å². The highest BCUT2D eigenvalue weighted by Gasteiger charge is 2.10. The molecule has 1 amide bonds. The summed E-state index contributed by atoms with van der Waals surface area (Å²) in [4.78, 5) is 39.8. The van der Waals surface area contributed by atoms with Crippen LogP contribution in [0.25, 0.3) is 5.65 Å². The van der Waals surface area contributed by atoms with Crippen LogP contribution < -0.4 is 10.9 Å². The first-order valence-electron chi connectivity index (χ1n) is 7.99. The van der Waals surface area contributed by atoms with E-state index < -0.39 is 11.9 Å². The second-order valence-electron chi connectivity index (χ2n) is 5.66. The zero-order valence-corrected chi connectivity index (χ0v) is 14.1. The van der Waals surface area contributed by atoms with E-state index in [9.17, 15) is 14.4 Å². The van der Waals surface area contributed by atoms with Crippen LogP contribution in [-0.4, -0.2) is 27.8 Å². The lowest BCUT2D eigenvalue weighted by Crippen LogP contribution is -2.26. The Morgan fingerprint density at radius 2 is 2.15 bits per heavy atom. The van der Waals surface area contributed by atoms with Gasteiger partial charge in [0.2, 0.25) is 0 Å². The molecule has 8 nitrogen and oxygen atoms in total. The lowest BCUT2D eigenvalue weighted by Gasteiger charge is -2.07. The fourth-order valence-corrected chi connectivity index (χ4v) is 2.33. The zero-order chi connectivity index (χ0) is 18.5. The van der Waals surface area contributed by atoms with Crippen LogP contribution in [0.3, 0.4) is 0 Å². The zero-order valence-electron chi connectivity index (χ0n) is 14.1. The third kappa shape index (κ3) is 4.15. The number of hydrogen-bond donors (Lipinski definition) is 1. The molecule has 0 aliphatic heterocycles. The van der Waals surface area contributed by atoms with Crippen LogP contribution in [0.2, 0.25) is 0 Å². The van der Waals surface area contributed by atoms with Crippen molar-refractivity contribution >= 4 is 17.5 Å². The van der Waals surface area contributed by atoms with Crippen molar-refractivity contribution in [2.75, 3.05) is 6.54 Å². The number of furan rings is 1. The highest BCUT2D eigenvalue weighted by atomic mass is 16.5. The Morgan fingerprint density at radius 3 is 2.92 bits per heavy atom. The molecule has 0 bridgehead atoms. The van der Waals surface area contributed by atoms with Crippen molar-refractivity contribution in [1.82, 2.24) is 14.7 Å². The number of carbonyl (C=O) groups is 2. The van der Waals surface area contributed by atoms with Gasteiger partial charge in [0, 0.05) is 18.8 Å². The summed E-state index contributed by atoms with van der Waals surface area (Å²) in [5.41, 5.74) is 1.59. The fraction of sp³-hybridized carbons (Fsp3) is 0.222. The molecule has 3 heterocycles. The predicted molar refractivity (Wildman–Crippen MR) is 91.7 cm³/mol. The summed E-state index contributed by atoms with van der Waals surface area (Å²) in [6, 6.07) is 8.04. The van der Waals surface area contributed by atoms with Crippen molar-refractivity contribution in [3.8, 4) is 0 Å². The van der Waals surface area contributed by atoms with Gasteiger partial charge < -0.3 is 14.5 Å². The van der Waals surface area contributed by atoms with Gasteiger partial charge in [-0.1, -0.05) is 0 Å². The van der Waals surface area contributed by atoms with Gasteiger partial charge in [0.25, 0.3) is 11.5 Å². The van der Waals surface area contributed by atoms with Crippen molar-refractivity contribution in [3.63, 3.8) is 0 Å². The molecule has 3 aromatic rings. The molecule has 3 aromatic heterocycles. The van der Waals surface area contributed by atoms with Crippen molar-refractivity contribution in [3.05, 3.63) is 70.2 Å². The number of amides is 1. The molecule has 0 atom stereocenters. The van der Waals surface area contributed by atoms with Gasteiger partial charge in [-0.25, -0.2) is 4.98 Å². The maximum absolute atomic E-state index is 12.0. The predicted octanol–water partition coefficient (Wildman–Crippen LogP) is 1.46. The van der Waals surface area contributed by atoms with E-state index in [1.54, 1.807) is 18.3 Å². The quantitative estimate of drug-likeness (QED) is 0.672. The van der Waals surface area contributed by atoms with Crippen molar-refractivity contribution in [1.29, 1.82) is 0 Å². The molecule has 3 rings (SSSR count). The molecule has 26 heavy (non-hydrogen) atoms. The summed E-state index contributed by atoms with van der Waals surface area (Å²) in [6.07, 6.45) is 3.04. The van der Waals surface area contributed by atoms with Gasteiger partial charge in [0.1, 0.15) is 12.3 Å². The molecule has 0 spiro atoms. The monoisotopic (exact) mass is 355 g/mol. The standard InChI is InChI=1S/C18H17N3O5/c1-12-5-7-21-15(9-12)20-13(10-16(21)22)11-26-17(23)4-6-19-18(24)14-3-2-8-25-14/h2-3,5,7-10H,4,6,11H2,1H3,(H,19,24). The number of ether oxygens (including phenoxy) is 1. The van der Waals surface area contributed by atoms with E-state index in [2.05, 4.69) is 10.3 Å². The highest BCUT2D eigenvalue weighted by Crippen LogP contribution is 2.04. The minimum Gasteiger partial charge on any atom is -0.459 e. The Balaban J connectivity index is 1.52. The normalized spacial score (nSPS) is 10.7. The van der Waals surface area contributed by atoms with E-state index in [0.29, 0.717) is 11.3 Å². The summed E-state index contributed by atoms with van der Waals surface area (Å²) >= 11 is 0. The number of fused-ring (bicyclic) bond motifs is 1. The maximum Gasteiger partial charge on any atom is 0.307 e. The van der Waals surface area contributed by atoms with Crippen molar-refractivity contribution in [2.24, 2.45) is 0 Å². The van der Waals surface area contributed by atoms with Gasteiger partial charge in [0.15, 0.2) is 5.76 Å². The van der Waals surface area contributed by atoms with Crippen LogP contribution in [0.1, 0.15) is 28.2 Å². The van der Waals surface area contributed by atoms with E-state index in [1.165, 1.54) is 22.8 Å². The topological polar surface area (TPSA) is 103 Å². The second-order valence-corrected chi connectivity index (χ2v) is 5.66. The van der Waals surface area contributed by atoms with Gasteiger partial charge >= 0.3 is 5.97 Å². The van der Waals surface area contributed by atoms with Crippen LogP contribution in [0.5, 0.6) is 0 Å². The molecule has 0 aliphatic rings. The molecule has 0 saturated carbocycles. The lowest BCUT2D eigenvalue weighted by atomic mass is 10.3. The molecule has 0 radical (unpaired) electrons. The average molecular weight is 355 g/mol. The molecule has 0 fully saturated rings. The van der Waals surface area contributed by atoms with E-state index in [1.807, 2.05) is 13.0 Å². The third-order valence-electron chi connectivity index (χ3n) is 3.62. The molecule has 134 valence electrons. The first kappa shape index (κ1) is 17.4. The van der Waals surface area contributed by atoms with E-state index in [-0.39, 0.29) is 30.9 Å². The Morgan fingerprint density at radius 1 is 1.31 bits per heavy atom. The SMILES string of the molecule is Cc1ccn2c(=O)cc(COC(=O)CCNC(=O)c3ccco3)nc2c1. The summed E-state index contributed by atoms with van der Waals surface area (Å²) in [5, 5.41) is 2.55. The van der Waals surface area contributed by atoms with Crippen LogP contribution in [0.4, 0.5) is 0 Å². The first-order valence-corrected chi connectivity index (χ1v) is 7.99. The summed E-state index contributed by atoms with van der Waals surface area (Å²) in [5.74, 6) is -0.729. The number of nitrogens with zero attached hydrogens (tertiary/aromatic N) is 2. The number of esters is 1. The van der Waals surface area contributed by atoms with Crippen LogP contribution >= 0.6 is 0 Å². The van der Waals surface area contributed by atoms with Gasteiger partial charge in [0.05, 0.1) is 18.4 Å². The minimum absolute atomic E-state index is 0.00186. The molecular formula is C18H17N3O5. The maximum atomic E-state index is 12.0. The molecule has 1 N–H and O–H groups in total. The first-order chi connectivity index (χ1) is 12.5. The van der Waals surface area contributed by atoms with Crippen molar-refractivity contribution < 1.29 is 18.7 Å². The van der Waals surface area contributed by atoms with Gasteiger partial charge in [-0.3, -0.25) is 18.8 Å². The number of hydrogen-bond acceptors (Lipinski definition) is 6. The lowest BCUT2D eigenvalue weighted by molar-refractivity contribution is -0.144. The molecular weight excluding hydrogens is 338 g/mol. The van der Waals surface area contributed by atoms with E-state index in [4.69, 9.17) is 9.15 Å². The summed E-state index contributed by atoms with van der Waals surface area (Å²) in [6.45, 7) is 1.91. The molecule has 0 aromatic carbocycles. The number of aryl methyl sites for hydroxylation is 1. The van der Waals surface area contributed by atoms with Gasteiger partial charge in [-0.2, -0.15) is 0 Å². The highest BCUT2D eigenvalue weighted by molar-refractivity contribution is 5.91. The fourth-order valence-electron chi connectivity index (χ4n) is 2.33. The van der Waals surface area contributed by atoms with Crippen LogP contribution in [0, 0.1) is 6.92 Å². The molecule has 8 heteroatoms. The van der Waals surface area contributed by atoms with Gasteiger partial charge in [-0.05, 0) is 36.8 Å². The second kappa shape index (κ2) is 7.64. The smallest absolute Gasteiger partial charge is 0.307 e. The number of pyridine rings is 1. The molecule has 0 unspecified atom stereocenters. The van der Waals surface area contributed by atoms with E-state index >= 15 is 0 Å². The minimum atomic E-state index is -0.504. The van der Waals surface area contributed by atoms with Gasteiger partial charge in [-0.15, -0.1) is 0 Å². The summed E-state index contributed by atoms with van der Waals surface area (Å²) < 4.78 is 11.5. The van der Waals surface area contributed by atoms with Crippen LogP contribution in [0.15, 0.2) is 52.0 Å². The van der Waals surface area contributed by atoms with Crippen LogP contribution in [-0.2, 0) is 16.1 Å². The largest absolute Gasteiger partial charge is 0.459 e. The molecule has 0 saturated heterocycles. The number of nitrogens with one attached hydrogen (secondary N) is 1. The van der Waals surface area contributed by atoms with E-state index in [0.717, 1.165) is 5.56 Å². The molecule has 0 aliphatic carbocycles. The Bertz CT molecular complexity index is 992. The number of carbonyl (C=O) groups excluding carboxylic acids is 2. The Kier molecular flexibility index (Phi) is 5.12.